The number of nitrogens with one attached hydrogen (secondary N) is 1. The maximum atomic E-state index is 5.62. The fourth-order valence-electron chi connectivity index (χ4n) is 2.07. The summed E-state index contributed by atoms with van der Waals surface area (Å²) in [6.45, 7) is 9.26. The Labute approximate surface area is 114 Å². The van der Waals surface area contributed by atoms with E-state index in [4.69, 9.17) is 4.74 Å². The van der Waals surface area contributed by atoms with Gasteiger partial charge >= 0.3 is 0 Å². The summed E-state index contributed by atoms with van der Waals surface area (Å²) in [5.74, 6) is 0.873. The number of thiazole rings is 1. The van der Waals surface area contributed by atoms with Gasteiger partial charge in [0.1, 0.15) is 0 Å². The van der Waals surface area contributed by atoms with E-state index in [1.165, 1.54) is 23.4 Å². The molecule has 3 nitrogen and oxygen atoms in total. The lowest BCUT2D eigenvalue weighted by Crippen LogP contribution is -2.22. The molecule has 0 amide bonds. The number of aromatic nitrogens is 1. The van der Waals surface area contributed by atoms with E-state index in [0.717, 1.165) is 37.1 Å². The highest BCUT2D eigenvalue weighted by Gasteiger charge is 2.20. The summed E-state index contributed by atoms with van der Waals surface area (Å²) in [5.41, 5.74) is 1.20. The molecule has 0 spiro atoms. The molecule has 1 heterocycles. The maximum absolute atomic E-state index is 5.62. The van der Waals surface area contributed by atoms with E-state index in [1.54, 1.807) is 11.3 Å². The SMILES string of the molecule is Cc1nc(C(C)NCCCOCC2CC2)c(C)s1. The summed E-state index contributed by atoms with van der Waals surface area (Å²) in [7, 11) is 0. The van der Waals surface area contributed by atoms with Crippen LogP contribution in [0.4, 0.5) is 0 Å². The first-order valence-corrected chi connectivity index (χ1v) is 7.73. The highest BCUT2D eigenvalue weighted by atomic mass is 32.1. The van der Waals surface area contributed by atoms with E-state index in [2.05, 4.69) is 31.1 Å². The van der Waals surface area contributed by atoms with Gasteiger partial charge in [0.15, 0.2) is 0 Å². The van der Waals surface area contributed by atoms with Crippen molar-refractivity contribution >= 4 is 11.3 Å². The lowest BCUT2D eigenvalue weighted by molar-refractivity contribution is 0.121. The van der Waals surface area contributed by atoms with Gasteiger partial charge in [-0.15, -0.1) is 11.3 Å². The highest BCUT2D eigenvalue weighted by Crippen LogP contribution is 2.28. The molecule has 1 aromatic heterocycles. The van der Waals surface area contributed by atoms with Crippen molar-refractivity contribution in [3.8, 4) is 0 Å². The van der Waals surface area contributed by atoms with E-state index in [0.29, 0.717) is 6.04 Å². The normalized spacial score (nSPS) is 17.1. The molecule has 0 saturated heterocycles. The molecule has 1 saturated carbocycles. The molecule has 0 aromatic carbocycles. The van der Waals surface area contributed by atoms with Crippen LogP contribution in [0.15, 0.2) is 0 Å². The molecule has 102 valence electrons. The molecule has 2 rings (SSSR count). The average Bonchev–Trinajstić information content (AvgIpc) is 3.08. The summed E-state index contributed by atoms with van der Waals surface area (Å²) in [6.07, 6.45) is 3.83. The zero-order valence-corrected chi connectivity index (χ0v) is 12.5. The standard InChI is InChI=1S/C14H24N2OS/c1-10(14-11(2)18-12(3)16-14)15-7-4-8-17-9-13-5-6-13/h10,13,15H,4-9H2,1-3H3. The van der Waals surface area contributed by atoms with Crippen LogP contribution >= 0.6 is 11.3 Å². The van der Waals surface area contributed by atoms with Crippen LogP contribution in [0.5, 0.6) is 0 Å². The molecular formula is C14H24N2OS. The molecule has 1 aromatic rings. The molecule has 1 aliphatic carbocycles. The van der Waals surface area contributed by atoms with Crippen LogP contribution in [0.3, 0.4) is 0 Å². The Kier molecular flexibility index (Phi) is 5.15. The molecule has 0 bridgehead atoms. The zero-order chi connectivity index (χ0) is 13.0. The van der Waals surface area contributed by atoms with Gasteiger partial charge in [0.2, 0.25) is 0 Å². The summed E-state index contributed by atoms with van der Waals surface area (Å²) in [5, 5.41) is 4.68. The summed E-state index contributed by atoms with van der Waals surface area (Å²) >= 11 is 1.78. The van der Waals surface area contributed by atoms with Crippen molar-refractivity contribution in [1.29, 1.82) is 0 Å². The summed E-state index contributed by atoms with van der Waals surface area (Å²) in [4.78, 5) is 5.91. The van der Waals surface area contributed by atoms with Gasteiger partial charge in [0, 0.05) is 24.1 Å². The highest BCUT2D eigenvalue weighted by molar-refractivity contribution is 7.11. The van der Waals surface area contributed by atoms with Gasteiger partial charge in [-0.25, -0.2) is 4.98 Å². The van der Waals surface area contributed by atoms with Crippen LogP contribution in [0.1, 0.15) is 47.8 Å². The van der Waals surface area contributed by atoms with Crippen molar-refractivity contribution < 1.29 is 4.74 Å². The van der Waals surface area contributed by atoms with Gasteiger partial charge in [-0.2, -0.15) is 0 Å². The number of nitrogens with zero attached hydrogens (tertiary/aromatic N) is 1. The number of rotatable bonds is 8. The fourth-order valence-corrected chi connectivity index (χ4v) is 2.98. The van der Waals surface area contributed by atoms with Gasteiger partial charge in [-0.3, -0.25) is 0 Å². The number of ether oxygens (including phenoxy) is 1. The van der Waals surface area contributed by atoms with Crippen molar-refractivity contribution in [2.45, 2.75) is 46.1 Å². The largest absolute Gasteiger partial charge is 0.381 e. The van der Waals surface area contributed by atoms with Gasteiger partial charge in [0.05, 0.1) is 10.7 Å². The van der Waals surface area contributed by atoms with E-state index in [1.807, 2.05) is 0 Å². The van der Waals surface area contributed by atoms with E-state index >= 15 is 0 Å². The first-order chi connectivity index (χ1) is 8.66. The molecule has 1 fully saturated rings. The minimum atomic E-state index is 0.346. The third-order valence-electron chi connectivity index (χ3n) is 3.32. The molecule has 0 radical (unpaired) electrons. The quantitative estimate of drug-likeness (QED) is 0.735. The van der Waals surface area contributed by atoms with Gasteiger partial charge in [-0.05, 0) is 52.5 Å². The number of hydrogen-bond acceptors (Lipinski definition) is 4. The monoisotopic (exact) mass is 268 g/mol. The van der Waals surface area contributed by atoms with Crippen molar-refractivity contribution in [3.05, 3.63) is 15.6 Å². The van der Waals surface area contributed by atoms with Crippen molar-refractivity contribution in [2.75, 3.05) is 19.8 Å². The number of hydrogen-bond donors (Lipinski definition) is 1. The third kappa shape index (κ3) is 4.34. The topological polar surface area (TPSA) is 34.2 Å². The lowest BCUT2D eigenvalue weighted by atomic mass is 10.2. The molecule has 1 unspecified atom stereocenters. The Bertz CT molecular complexity index is 374. The summed E-state index contributed by atoms with van der Waals surface area (Å²) < 4.78 is 5.62. The zero-order valence-electron chi connectivity index (χ0n) is 11.7. The Balaban J connectivity index is 1.58. The first kappa shape index (κ1) is 14.0. The maximum Gasteiger partial charge on any atom is 0.0900 e. The van der Waals surface area contributed by atoms with Gasteiger partial charge in [-0.1, -0.05) is 0 Å². The van der Waals surface area contributed by atoms with Crippen LogP contribution in [-0.2, 0) is 4.74 Å². The third-order valence-corrected chi connectivity index (χ3v) is 4.22. The van der Waals surface area contributed by atoms with E-state index < -0.39 is 0 Å². The second-order valence-electron chi connectivity index (χ2n) is 5.22. The van der Waals surface area contributed by atoms with E-state index in [9.17, 15) is 0 Å². The molecule has 4 heteroatoms. The smallest absolute Gasteiger partial charge is 0.0900 e. The second kappa shape index (κ2) is 6.64. The molecule has 0 aliphatic heterocycles. The van der Waals surface area contributed by atoms with Crippen molar-refractivity contribution in [2.24, 2.45) is 5.92 Å². The summed E-state index contributed by atoms with van der Waals surface area (Å²) in [6, 6.07) is 0.346. The minimum Gasteiger partial charge on any atom is -0.381 e. The van der Waals surface area contributed by atoms with Crippen LogP contribution in [0.2, 0.25) is 0 Å². The minimum absolute atomic E-state index is 0.346. The first-order valence-electron chi connectivity index (χ1n) is 6.92. The second-order valence-corrected chi connectivity index (χ2v) is 6.63. The predicted molar refractivity (Wildman–Crippen MR) is 76.2 cm³/mol. The van der Waals surface area contributed by atoms with Crippen molar-refractivity contribution in [3.63, 3.8) is 0 Å². The Hall–Kier alpha value is -0.450. The van der Waals surface area contributed by atoms with Crippen LogP contribution in [-0.4, -0.2) is 24.7 Å². The van der Waals surface area contributed by atoms with Crippen LogP contribution in [0, 0.1) is 19.8 Å². The fraction of sp³-hybridized carbons (Fsp3) is 0.786. The van der Waals surface area contributed by atoms with Gasteiger partial charge in [0.25, 0.3) is 0 Å². The Morgan fingerprint density at radius 3 is 2.83 bits per heavy atom. The predicted octanol–water partition coefficient (Wildman–Crippen LogP) is 3.23. The Morgan fingerprint density at radius 2 is 2.22 bits per heavy atom. The van der Waals surface area contributed by atoms with E-state index in [-0.39, 0.29) is 0 Å². The van der Waals surface area contributed by atoms with Crippen LogP contribution < -0.4 is 5.32 Å². The lowest BCUT2D eigenvalue weighted by Gasteiger charge is -2.12. The molecule has 1 N–H and O–H groups in total. The van der Waals surface area contributed by atoms with Gasteiger partial charge < -0.3 is 10.1 Å². The van der Waals surface area contributed by atoms with Crippen molar-refractivity contribution in [1.82, 2.24) is 10.3 Å². The Morgan fingerprint density at radius 1 is 1.44 bits per heavy atom. The van der Waals surface area contributed by atoms with Crippen LogP contribution in [0.25, 0.3) is 0 Å². The number of aryl methyl sites for hydroxylation is 2. The molecular weight excluding hydrogens is 244 g/mol. The average molecular weight is 268 g/mol. The molecule has 1 atom stereocenters. The molecule has 18 heavy (non-hydrogen) atoms. The molecule has 1 aliphatic rings.